The van der Waals surface area contributed by atoms with E-state index in [9.17, 15) is 19.2 Å². The van der Waals surface area contributed by atoms with Gasteiger partial charge in [-0.15, -0.1) is 0 Å². The van der Waals surface area contributed by atoms with Gasteiger partial charge in [-0.3, -0.25) is 19.3 Å². The first kappa shape index (κ1) is 24.4. The highest BCUT2D eigenvalue weighted by Crippen LogP contribution is 2.28. The Morgan fingerprint density at radius 2 is 1.49 bits per heavy atom. The van der Waals surface area contributed by atoms with Crippen molar-refractivity contribution in [3.05, 3.63) is 59.7 Å². The maximum absolute atomic E-state index is 13.0. The normalized spacial score (nSPS) is 17.3. The Labute approximate surface area is 204 Å². The largest absolute Gasteiger partial charge is 0.451 e. The van der Waals surface area contributed by atoms with Gasteiger partial charge in [0.15, 0.2) is 6.10 Å². The van der Waals surface area contributed by atoms with Crippen LogP contribution in [0.5, 0.6) is 0 Å². The fraction of sp³-hybridized carbons (Fsp3) is 0.385. The molecule has 2 atom stereocenters. The summed E-state index contributed by atoms with van der Waals surface area (Å²) >= 11 is 0. The second-order valence-electron chi connectivity index (χ2n) is 8.93. The van der Waals surface area contributed by atoms with Crippen LogP contribution in [0.2, 0.25) is 0 Å². The number of amides is 3. The molecule has 2 unspecified atom stereocenters. The molecule has 1 saturated heterocycles. The minimum atomic E-state index is -1.15. The molecule has 0 radical (unpaired) electrons. The Morgan fingerprint density at radius 3 is 2.03 bits per heavy atom. The average Bonchev–Trinajstić information content (AvgIpc) is 3.10. The number of fused-ring (bicyclic) bond motifs is 1. The number of benzene rings is 2. The summed E-state index contributed by atoms with van der Waals surface area (Å²) < 4.78 is 10.8. The van der Waals surface area contributed by atoms with Crippen LogP contribution < -0.4 is 10.2 Å². The van der Waals surface area contributed by atoms with Gasteiger partial charge in [0.2, 0.25) is 0 Å². The van der Waals surface area contributed by atoms with Gasteiger partial charge in [0.1, 0.15) is 6.04 Å². The van der Waals surface area contributed by atoms with Crippen LogP contribution in [0.4, 0.5) is 11.4 Å². The number of hydrogen-bond acceptors (Lipinski definition) is 7. The van der Waals surface area contributed by atoms with Gasteiger partial charge in [-0.05, 0) is 49.2 Å². The van der Waals surface area contributed by atoms with E-state index in [2.05, 4.69) is 10.2 Å². The summed E-state index contributed by atoms with van der Waals surface area (Å²) in [6.45, 7) is 7.87. The number of nitrogens with one attached hydrogen (secondary N) is 1. The third-order valence-electron chi connectivity index (χ3n) is 6.15. The molecule has 2 heterocycles. The lowest BCUT2D eigenvalue weighted by molar-refractivity contribution is -0.158. The Morgan fingerprint density at radius 1 is 0.914 bits per heavy atom. The SMILES string of the molecule is CC(OC(=O)C(C(C)C)N1C(=O)c2ccccc2C1=O)C(=O)Nc1ccc(N2CCOCC2)cc1. The number of carbonyl (C=O) groups excluding carboxylic acids is 4. The molecule has 184 valence electrons. The van der Waals surface area contributed by atoms with Crippen molar-refractivity contribution >= 4 is 35.1 Å². The molecule has 0 aliphatic carbocycles. The molecule has 2 aliphatic heterocycles. The van der Waals surface area contributed by atoms with E-state index in [0.717, 1.165) is 23.7 Å². The molecule has 0 saturated carbocycles. The van der Waals surface area contributed by atoms with Crippen molar-refractivity contribution < 1.29 is 28.7 Å². The number of nitrogens with zero attached hydrogens (tertiary/aromatic N) is 2. The second kappa shape index (κ2) is 10.3. The number of esters is 1. The number of rotatable bonds is 7. The molecule has 0 spiro atoms. The van der Waals surface area contributed by atoms with Gasteiger partial charge in [0.05, 0.1) is 24.3 Å². The van der Waals surface area contributed by atoms with Crippen LogP contribution in [0, 0.1) is 5.92 Å². The van der Waals surface area contributed by atoms with Gasteiger partial charge in [0, 0.05) is 24.5 Å². The summed E-state index contributed by atoms with van der Waals surface area (Å²) in [7, 11) is 0. The molecule has 0 aromatic heterocycles. The lowest BCUT2D eigenvalue weighted by atomic mass is 10.0. The summed E-state index contributed by atoms with van der Waals surface area (Å²) in [5.74, 6) is -2.81. The molecular weight excluding hydrogens is 450 g/mol. The van der Waals surface area contributed by atoms with E-state index < -0.39 is 41.8 Å². The zero-order chi connectivity index (χ0) is 25.1. The number of ether oxygens (including phenoxy) is 2. The van der Waals surface area contributed by atoms with Crippen molar-refractivity contribution in [2.24, 2.45) is 5.92 Å². The summed E-state index contributed by atoms with van der Waals surface area (Å²) in [5.41, 5.74) is 2.10. The third kappa shape index (κ3) is 5.05. The van der Waals surface area contributed by atoms with E-state index in [4.69, 9.17) is 9.47 Å². The third-order valence-corrected chi connectivity index (χ3v) is 6.15. The Bertz CT molecular complexity index is 1090. The van der Waals surface area contributed by atoms with Crippen LogP contribution in [0.15, 0.2) is 48.5 Å². The number of hydrogen-bond donors (Lipinski definition) is 1. The van der Waals surface area contributed by atoms with Crippen LogP contribution in [-0.4, -0.2) is 67.0 Å². The van der Waals surface area contributed by atoms with Crippen LogP contribution in [0.25, 0.3) is 0 Å². The minimum absolute atomic E-state index is 0.252. The molecule has 4 rings (SSSR count). The minimum Gasteiger partial charge on any atom is -0.451 e. The number of morpholine rings is 1. The lowest BCUT2D eigenvalue weighted by Crippen LogP contribution is -2.50. The highest BCUT2D eigenvalue weighted by molar-refractivity contribution is 6.22. The van der Waals surface area contributed by atoms with Gasteiger partial charge in [0.25, 0.3) is 17.7 Å². The summed E-state index contributed by atoms with van der Waals surface area (Å²) in [6.07, 6.45) is -1.13. The molecule has 9 heteroatoms. The van der Waals surface area contributed by atoms with Crippen LogP contribution in [0.1, 0.15) is 41.5 Å². The molecule has 2 aliphatic rings. The Balaban J connectivity index is 1.39. The predicted molar refractivity (Wildman–Crippen MR) is 129 cm³/mol. The molecular formula is C26H29N3O6. The highest BCUT2D eigenvalue weighted by atomic mass is 16.5. The van der Waals surface area contributed by atoms with Crippen molar-refractivity contribution in [1.29, 1.82) is 0 Å². The van der Waals surface area contributed by atoms with Crippen molar-refractivity contribution in [2.45, 2.75) is 32.9 Å². The average molecular weight is 480 g/mol. The number of carbonyl (C=O) groups is 4. The van der Waals surface area contributed by atoms with Crippen LogP contribution in [0.3, 0.4) is 0 Å². The van der Waals surface area contributed by atoms with Crippen molar-refractivity contribution in [1.82, 2.24) is 4.90 Å². The molecule has 1 fully saturated rings. The standard InChI is InChI=1S/C26H29N3O6/c1-16(2)22(29-24(31)20-6-4-5-7-21(20)25(29)32)26(33)35-17(3)23(30)27-18-8-10-19(11-9-18)28-12-14-34-15-13-28/h4-11,16-17,22H,12-15H2,1-3H3,(H,27,30). The topological polar surface area (TPSA) is 105 Å². The van der Waals surface area contributed by atoms with E-state index in [1.165, 1.54) is 6.92 Å². The second-order valence-corrected chi connectivity index (χ2v) is 8.93. The lowest BCUT2D eigenvalue weighted by Gasteiger charge is -2.29. The van der Waals surface area contributed by atoms with Crippen molar-refractivity contribution in [3.63, 3.8) is 0 Å². The Kier molecular flexibility index (Phi) is 7.16. The van der Waals surface area contributed by atoms with E-state index in [1.54, 1.807) is 50.2 Å². The molecule has 35 heavy (non-hydrogen) atoms. The molecule has 2 aromatic rings. The predicted octanol–water partition coefficient (Wildman–Crippen LogP) is 2.71. The van der Waals surface area contributed by atoms with Crippen LogP contribution >= 0.6 is 0 Å². The zero-order valence-corrected chi connectivity index (χ0v) is 20.0. The van der Waals surface area contributed by atoms with Gasteiger partial charge in [-0.1, -0.05) is 26.0 Å². The molecule has 2 aromatic carbocycles. The number of anilines is 2. The fourth-order valence-electron chi connectivity index (χ4n) is 4.25. The monoisotopic (exact) mass is 479 g/mol. The first-order valence-corrected chi connectivity index (χ1v) is 11.7. The highest BCUT2D eigenvalue weighted by Gasteiger charge is 2.45. The summed E-state index contributed by atoms with van der Waals surface area (Å²) in [6, 6.07) is 12.7. The summed E-state index contributed by atoms with van der Waals surface area (Å²) in [4.78, 5) is 54.6. The van der Waals surface area contributed by atoms with E-state index in [-0.39, 0.29) is 11.1 Å². The Hall–Kier alpha value is -3.72. The maximum atomic E-state index is 13.0. The van der Waals surface area contributed by atoms with Crippen molar-refractivity contribution in [2.75, 3.05) is 36.5 Å². The maximum Gasteiger partial charge on any atom is 0.330 e. The molecule has 3 amide bonds. The fourth-order valence-corrected chi connectivity index (χ4v) is 4.25. The molecule has 0 bridgehead atoms. The van der Waals surface area contributed by atoms with Gasteiger partial charge < -0.3 is 19.7 Å². The quantitative estimate of drug-likeness (QED) is 0.481. The van der Waals surface area contributed by atoms with E-state index in [1.807, 2.05) is 12.1 Å². The first-order chi connectivity index (χ1) is 16.8. The van der Waals surface area contributed by atoms with Gasteiger partial charge >= 0.3 is 5.97 Å². The smallest absolute Gasteiger partial charge is 0.330 e. The number of imide groups is 1. The zero-order valence-electron chi connectivity index (χ0n) is 20.0. The van der Waals surface area contributed by atoms with E-state index in [0.29, 0.717) is 18.9 Å². The van der Waals surface area contributed by atoms with E-state index >= 15 is 0 Å². The van der Waals surface area contributed by atoms with Gasteiger partial charge in [-0.25, -0.2) is 4.79 Å². The summed E-state index contributed by atoms with van der Waals surface area (Å²) in [5, 5.41) is 2.74. The molecule has 1 N–H and O–H groups in total. The first-order valence-electron chi connectivity index (χ1n) is 11.7. The van der Waals surface area contributed by atoms with Crippen LogP contribution in [-0.2, 0) is 19.1 Å². The van der Waals surface area contributed by atoms with Crippen molar-refractivity contribution in [3.8, 4) is 0 Å². The molecule has 9 nitrogen and oxygen atoms in total. The van der Waals surface area contributed by atoms with Gasteiger partial charge in [-0.2, -0.15) is 0 Å².